The quantitative estimate of drug-likeness (QED) is 0.487. The first-order chi connectivity index (χ1) is 13.1. The topological polar surface area (TPSA) is 59.0 Å². The average molecular weight is 399 g/mol. The fourth-order valence-corrected chi connectivity index (χ4v) is 5.39. The van der Waals surface area contributed by atoms with E-state index in [9.17, 15) is 4.79 Å². The molecule has 0 spiro atoms. The number of aromatic nitrogens is 3. The van der Waals surface area contributed by atoms with Crippen LogP contribution in [0.2, 0.25) is 0 Å². The van der Waals surface area contributed by atoms with Crippen LogP contribution in [-0.2, 0) is 4.79 Å². The minimum atomic E-state index is 0.161. The molecule has 1 aromatic carbocycles. The highest BCUT2D eigenvalue weighted by atomic mass is 32.2. The van der Waals surface area contributed by atoms with E-state index < -0.39 is 0 Å². The zero-order valence-electron chi connectivity index (χ0n) is 15.5. The Morgan fingerprint density at radius 3 is 2.78 bits per heavy atom. The number of carbonyl (C=O) groups excluding carboxylic acids is 1. The fourth-order valence-electron chi connectivity index (χ4n) is 3.45. The van der Waals surface area contributed by atoms with Crippen LogP contribution in [0.3, 0.4) is 0 Å². The highest BCUT2D eigenvalue weighted by Gasteiger charge is 2.27. The number of para-hydroxylation sites is 1. The maximum Gasteiger partial charge on any atom is 0.233 e. The van der Waals surface area contributed by atoms with Gasteiger partial charge in [0.15, 0.2) is 5.16 Å². The second-order valence-corrected chi connectivity index (χ2v) is 8.93. The van der Waals surface area contributed by atoms with Crippen molar-refractivity contribution >= 4 is 39.2 Å². The van der Waals surface area contributed by atoms with Crippen molar-refractivity contribution < 1.29 is 4.79 Å². The van der Waals surface area contributed by atoms with E-state index >= 15 is 0 Å². The number of hydrogen-bond acceptors (Lipinski definition) is 6. The first kappa shape index (κ1) is 18.4. The van der Waals surface area contributed by atoms with Gasteiger partial charge in [0.2, 0.25) is 5.91 Å². The molecule has 3 aromatic rings. The zero-order valence-corrected chi connectivity index (χ0v) is 17.1. The summed E-state index contributed by atoms with van der Waals surface area (Å²) in [5, 5.41) is 1.83. The summed E-state index contributed by atoms with van der Waals surface area (Å²) in [6.45, 7) is 5.49. The molecule has 5 nitrogen and oxygen atoms in total. The van der Waals surface area contributed by atoms with Crippen molar-refractivity contribution in [2.24, 2.45) is 0 Å². The Morgan fingerprint density at radius 2 is 2.00 bits per heavy atom. The lowest BCUT2D eigenvalue weighted by Crippen LogP contribution is -2.40. The van der Waals surface area contributed by atoms with Gasteiger partial charge in [-0.15, -0.1) is 11.3 Å². The Labute approximate surface area is 167 Å². The standard InChI is InChI=1S/C20H22N4OS2/c1-13-10-14(2)22-20(21-13)26-12-18(25)24-9-5-6-15(11-24)19-23-16-7-3-4-8-17(16)27-19/h3-4,7-8,10,15H,5-6,9,11-12H2,1-2H3/t15-/m0/s1. The van der Waals surface area contributed by atoms with Crippen LogP contribution in [0.15, 0.2) is 35.5 Å². The second kappa shape index (κ2) is 7.94. The highest BCUT2D eigenvalue weighted by Crippen LogP contribution is 2.33. The first-order valence-electron chi connectivity index (χ1n) is 9.17. The summed E-state index contributed by atoms with van der Waals surface area (Å²) in [6.07, 6.45) is 2.12. The summed E-state index contributed by atoms with van der Waals surface area (Å²) in [7, 11) is 0. The molecule has 1 aliphatic heterocycles. The average Bonchev–Trinajstić information content (AvgIpc) is 3.10. The van der Waals surface area contributed by atoms with Gasteiger partial charge in [-0.3, -0.25) is 4.79 Å². The summed E-state index contributed by atoms with van der Waals surface area (Å²) in [5.41, 5.74) is 2.93. The van der Waals surface area contributed by atoms with Crippen molar-refractivity contribution in [2.45, 2.75) is 37.8 Å². The molecular formula is C20H22N4OS2. The number of benzene rings is 1. The smallest absolute Gasteiger partial charge is 0.233 e. The van der Waals surface area contributed by atoms with E-state index in [-0.39, 0.29) is 5.91 Å². The van der Waals surface area contributed by atoms with Crippen LogP contribution in [0.1, 0.15) is 35.2 Å². The van der Waals surface area contributed by atoms with Crippen molar-refractivity contribution in [3.05, 3.63) is 46.7 Å². The van der Waals surface area contributed by atoms with Gasteiger partial charge < -0.3 is 4.90 Å². The lowest BCUT2D eigenvalue weighted by molar-refractivity contribution is -0.129. The van der Waals surface area contributed by atoms with Crippen LogP contribution in [0.5, 0.6) is 0 Å². The molecule has 1 saturated heterocycles. The van der Waals surface area contributed by atoms with Gasteiger partial charge in [0, 0.05) is 30.4 Å². The van der Waals surface area contributed by atoms with Crippen molar-refractivity contribution in [3.63, 3.8) is 0 Å². The van der Waals surface area contributed by atoms with Crippen LogP contribution in [0.25, 0.3) is 10.2 Å². The van der Waals surface area contributed by atoms with Crippen molar-refractivity contribution in [1.29, 1.82) is 0 Å². The molecule has 140 valence electrons. The van der Waals surface area contributed by atoms with Crippen molar-refractivity contribution in [3.8, 4) is 0 Å². The molecule has 2 aromatic heterocycles. The third kappa shape index (κ3) is 4.30. The van der Waals surface area contributed by atoms with Crippen LogP contribution in [0.4, 0.5) is 0 Å². The molecule has 0 saturated carbocycles. The van der Waals surface area contributed by atoms with Gasteiger partial charge in [0.1, 0.15) is 0 Å². The largest absolute Gasteiger partial charge is 0.341 e. The van der Waals surface area contributed by atoms with Gasteiger partial charge in [-0.2, -0.15) is 0 Å². The summed E-state index contributed by atoms with van der Waals surface area (Å²) in [5.74, 6) is 0.881. The first-order valence-corrected chi connectivity index (χ1v) is 11.0. The second-order valence-electron chi connectivity index (χ2n) is 6.92. The molecule has 0 aliphatic carbocycles. The number of likely N-dealkylation sites (tertiary alicyclic amines) is 1. The lowest BCUT2D eigenvalue weighted by Gasteiger charge is -2.31. The number of amides is 1. The molecular weight excluding hydrogens is 376 g/mol. The zero-order chi connectivity index (χ0) is 18.8. The van der Waals surface area contributed by atoms with Gasteiger partial charge in [0.25, 0.3) is 0 Å². The number of thiazole rings is 1. The monoisotopic (exact) mass is 398 g/mol. The van der Waals surface area contributed by atoms with Gasteiger partial charge in [0.05, 0.1) is 21.0 Å². The van der Waals surface area contributed by atoms with Crippen LogP contribution in [-0.4, -0.2) is 44.6 Å². The lowest BCUT2D eigenvalue weighted by atomic mass is 9.99. The molecule has 1 atom stereocenters. The summed E-state index contributed by atoms with van der Waals surface area (Å²) in [6, 6.07) is 10.2. The normalized spacial score (nSPS) is 17.4. The Kier molecular flexibility index (Phi) is 5.41. The van der Waals surface area contributed by atoms with E-state index in [1.54, 1.807) is 11.3 Å². The van der Waals surface area contributed by atoms with E-state index in [2.05, 4.69) is 22.1 Å². The summed E-state index contributed by atoms with van der Waals surface area (Å²) >= 11 is 3.18. The van der Waals surface area contributed by atoms with E-state index in [0.717, 1.165) is 47.8 Å². The minimum absolute atomic E-state index is 0.161. The van der Waals surface area contributed by atoms with E-state index in [0.29, 0.717) is 16.8 Å². The van der Waals surface area contributed by atoms with Crippen molar-refractivity contribution in [2.75, 3.05) is 18.8 Å². The van der Waals surface area contributed by atoms with Crippen LogP contribution in [0, 0.1) is 13.8 Å². The molecule has 1 amide bonds. The number of fused-ring (bicyclic) bond motifs is 1. The molecule has 4 rings (SSSR count). The van der Waals surface area contributed by atoms with Gasteiger partial charge in [-0.25, -0.2) is 15.0 Å². The van der Waals surface area contributed by atoms with Crippen molar-refractivity contribution in [1.82, 2.24) is 19.9 Å². The number of thioether (sulfide) groups is 1. The SMILES string of the molecule is Cc1cc(C)nc(SCC(=O)N2CCC[C@H](c3nc4ccccc4s3)C2)n1. The molecule has 0 bridgehead atoms. The van der Waals surface area contributed by atoms with Gasteiger partial charge >= 0.3 is 0 Å². The van der Waals surface area contributed by atoms with Crippen LogP contribution >= 0.6 is 23.1 Å². The Balaban J connectivity index is 1.40. The molecule has 1 fully saturated rings. The maximum absolute atomic E-state index is 12.7. The molecule has 0 unspecified atom stereocenters. The third-order valence-electron chi connectivity index (χ3n) is 4.72. The highest BCUT2D eigenvalue weighted by molar-refractivity contribution is 7.99. The summed E-state index contributed by atoms with van der Waals surface area (Å²) < 4.78 is 1.22. The van der Waals surface area contributed by atoms with E-state index in [1.807, 2.05) is 36.9 Å². The third-order valence-corrected chi connectivity index (χ3v) is 6.75. The molecule has 0 radical (unpaired) electrons. The van der Waals surface area contributed by atoms with E-state index in [4.69, 9.17) is 4.98 Å². The van der Waals surface area contributed by atoms with Gasteiger partial charge in [-0.1, -0.05) is 23.9 Å². The number of rotatable bonds is 4. The Bertz CT molecular complexity index is 918. The minimum Gasteiger partial charge on any atom is -0.341 e. The van der Waals surface area contributed by atoms with Gasteiger partial charge in [-0.05, 0) is 44.9 Å². The molecule has 3 heterocycles. The van der Waals surface area contributed by atoms with E-state index in [1.165, 1.54) is 16.5 Å². The Morgan fingerprint density at radius 1 is 1.22 bits per heavy atom. The predicted octanol–water partition coefficient (Wildman–Crippen LogP) is 4.20. The predicted molar refractivity (Wildman–Crippen MR) is 110 cm³/mol. The number of piperidine rings is 1. The number of carbonyl (C=O) groups is 1. The number of hydrogen-bond donors (Lipinski definition) is 0. The fraction of sp³-hybridized carbons (Fsp3) is 0.400. The molecule has 0 N–H and O–H groups in total. The summed E-state index contributed by atoms with van der Waals surface area (Å²) in [4.78, 5) is 28.3. The maximum atomic E-state index is 12.7. The Hall–Kier alpha value is -1.99. The number of nitrogens with zero attached hydrogens (tertiary/aromatic N) is 4. The molecule has 27 heavy (non-hydrogen) atoms. The van der Waals surface area contributed by atoms with Crippen LogP contribution < -0.4 is 0 Å². The molecule has 7 heteroatoms. The number of aryl methyl sites for hydroxylation is 2. The molecule has 1 aliphatic rings.